The maximum atomic E-state index is 7.85. The molecule has 1 aliphatic carbocycles. The van der Waals surface area contributed by atoms with Gasteiger partial charge in [0.1, 0.15) is 0 Å². The summed E-state index contributed by atoms with van der Waals surface area (Å²) in [6, 6.07) is 1.02. The van der Waals surface area contributed by atoms with Crippen LogP contribution in [0.4, 0.5) is 0 Å². The summed E-state index contributed by atoms with van der Waals surface area (Å²) in [6.07, 6.45) is 6.53. The third-order valence-electron chi connectivity index (χ3n) is 2.37. The molecule has 3 nitrogen and oxygen atoms in total. The molecule has 0 atom stereocenters. The van der Waals surface area contributed by atoms with Gasteiger partial charge >= 0.3 is 0 Å². The highest BCUT2D eigenvalue weighted by atomic mass is 15.2. The molecule has 1 aromatic heterocycles. The quantitative estimate of drug-likeness (QED) is 0.692. The highest BCUT2D eigenvalue weighted by Crippen LogP contribution is 2.33. The van der Waals surface area contributed by atoms with Crippen LogP contribution >= 0.6 is 0 Å². The van der Waals surface area contributed by atoms with Crippen molar-refractivity contribution in [3.05, 3.63) is 18.0 Å². The van der Waals surface area contributed by atoms with Crippen LogP contribution in [0.15, 0.2) is 12.4 Å². The van der Waals surface area contributed by atoms with E-state index in [1.54, 1.807) is 0 Å². The third-order valence-corrected chi connectivity index (χ3v) is 2.37. The van der Waals surface area contributed by atoms with Gasteiger partial charge in [0, 0.05) is 24.5 Å². The van der Waals surface area contributed by atoms with Gasteiger partial charge in [-0.15, -0.1) is 0 Å². The lowest BCUT2D eigenvalue weighted by atomic mass is 10.4. The first-order valence-electron chi connectivity index (χ1n) is 4.53. The average molecular weight is 165 g/mol. The molecule has 0 unspecified atom stereocenters. The summed E-state index contributed by atoms with van der Waals surface area (Å²) in [5.74, 6) is 0. The summed E-state index contributed by atoms with van der Waals surface area (Å²) in [6.45, 7) is 4.21. The van der Waals surface area contributed by atoms with E-state index in [-0.39, 0.29) is 0 Å². The molecule has 0 radical (unpaired) electrons. The molecule has 1 aromatic rings. The van der Waals surface area contributed by atoms with Crippen molar-refractivity contribution in [1.29, 1.82) is 5.41 Å². The van der Waals surface area contributed by atoms with Gasteiger partial charge in [0.25, 0.3) is 0 Å². The highest BCUT2D eigenvalue weighted by Gasteiger charge is 2.24. The second-order valence-electron chi connectivity index (χ2n) is 3.76. The van der Waals surface area contributed by atoms with Crippen LogP contribution in [0.5, 0.6) is 0 Å². The molecule has 2 rings (SSSR count). The Morgan fingerprint density at radius 1 is 1.42 bits per heavy atom. The monoisotopic (exact) mass is 165 g/mol. The molecule has 1 heterocycles. The Bertz CT molecular complexity index is 305. The minimum absolute atomic E-state index is 0.400. The maximum Gasteiger partial charge on any atom is 0.202 e. The van der Waals surface area contributed by atoms with Crippen LogP contribution in [0.2, 0.25) is 0 Å². The van der Waals surface area contributed by atoms with E-state index in [4.69, 9.17) is 5.41 Å². The topological polar surface area (TPSA) is 33.7 Å². The van der Waals surface area contributed by atoms with E-state index < -0.39 is 0 Å². The van der Waals surface area contributed by atoms with Crippen molar-refractivity contribution in [2.75, 3.05) is 0 Å². The van der Waals surface area contributed by atoms with Gasteiger partial charge in [0.2, 0.25) is 5.62 Å². The number of imidazole rings is 1. The molecule has 1 fully saturated rings. The molecule has 0 spiro atoms. The molecule has 3 heteroatoms. The lowest BCUT2D eigenvalue weighted by Crippen LogP contribution is -2.24. The van der Waals surface area contributed by atoms with Gasteiger partial charge in [-0.05, 0) is 26.7 Å². The zero-order valence-corrected chi connectivity index (χ0v) is 7.62. The Labute approximate surface area is 72.1 Å². The van der Waals surface area contributed by atoms with E-state index in [1.807, 2.05) is 17.0 Å². The molecule has 0 aliphatic heterocycles. The van der Waals surface area contributed by atoms with E-state index in [0.29, 0.717) is 17.7 Å². The minimum Gasteiger partial charge on any atom is -0.315 e. The first-order valence-corrected chi connectivity index (χ1v) is 4.53. The Kier molecular flexibility index (Phi) is 1.60. The first kappa shape index (κ1) is 7.65. The molecule has 1 aliphatic rings. The van der Waals surface area contributed by atoms with E-state index >= 15 is 0 Å². The number of rotatable bonds is 2. The van der Waals surface area contributed by atoms with Gasteiger partial charge < -0.3 is 9.13 Å². The SMILES string of the molecule is CC(C)n1ccn(C2CC2)c1=N. The fourth-order valence-corrected chi connectivity index (χ4v) is 1.48. The van der Waals surface area contributed by atoms with Crippen LogP contribution in [0, 0.1) is 5.41 Å². The van der Waals surface area contributed by atoms with Gasteiger partial charge in [-0.25, -0.2) is 0 Å². The number of nitrogens with zero attached hydrogens (tertiary/aromatic N) is 2. The van der Waals surface area contributed by atoms with Crippen LogP contribution in [-0.4, -0.2) is 9.13 Å². The molecule has 0 saturated heterocycles. The van der Waals surface area contributed by atoms with E-state index in [1.165, 1.54) is 12.8 Å². The second kappa shape index (κ2) is 2.51. The van der Waals surface area contributed by atoms with Crippen LogP contribution in [0.25, 0.3) is 0 Å². The number of hydrogen-bond acceptors (Lipinski definition) is 1. The van der Waals surface area contributed by atoms with Gasteiger partial charge in [-0.2, -0.15) is 0 Å². The van der Waals surface area contributed by atoms with Gasteiger partial charge in [-0.1, -0.05) is 0 Å². The fourth-order valence-electron chi connectivity index (χ4n) is 1.48. The van der Waals surface area contributed by atoms with Crippen LogP contribution in [0.3, 0.4) is 0 Å². The molecule has 1 N–H and O–H groups in total. The van der Waals surface area contributed by atoms with Crippen LogP contribution in [0.1, 0.15) is 38.8 Å². The Balaban J connectivity index is 2.40. The lowest BCUT2D eigenvalue weighted by molar-refractivity contribution is 0.535. The fraction of sp³-hybridized carbons (Fsp3) is 0.667. The molecule has 0 amide bonds. The van der Waals surface area contributed by atoms with E-state index in [0.717, 1.165) is 0 Å². The Morgan fingerprint density at radius 2 is 2.08 bits per heavy atom. The average Bonchev–Trinajstić information content (AvgIpc) is 2.75. The van der Waals surface area contributed by atoms with E-state index in [9.17, 15) is 0 Å². The van der Waals surface area contributed by atoms with Crippen molar-refractivity contribution in [3.63, 3.8) is 0 Å². The lowest BCUT2D eigenvalue weighted by Gasteiger charge is -2.05. The Morgan fingerprint density at radius 3 is 2.50 bits per heavy atom. The van der Waals surface area contributed by atoms with E-state index in [2.05, 4.69) is 18.4 Å². The van der Waals surface area contributed by atoms with Crippen molar-refractivity contribution in [2.24, 2.45) is 0 Å². The van der Waals surface area contributed by atoms with Gasteiger partial charge in [-0.3, -0.25) is 5.41 Å². The van der Waals surface area contributed by atoms with Crippen molar-refractivity contribution < 1.29 is 0 Å². The normalized spacial score (nSPS) is 17.2. The van der Waals surface area contributed by atoms with Crippen molar-refractivity contribution in [1.82, 2.24) is 9.13 Å². The molecule has 0 bridgehead atoms. The largest absolute Gasteiger partial charge is 0.315 e. The molecule has 66 valence electrons. The molecular formula is C9H15N3. The standard InChI is InChI=1S/C9H15N3/c1-7(2)11-5-6-12(9(11)10)8-3-4-8/h5-8,10H,3-4H2,1-2H3. The predicted molar refractivity (Wildman–Crippen MR) is 46.9 cm³/mol. The van der Waals surface area contributed by atoms with Crippen LogP contribution < -0.4 is 5.62 Å². The molecule has 12 heavy (non-hydrogen) atoms. The molecule has 0 aromatic carbocycles. The number of nitrogens with one attached hydrogen (secondary N) is 1. The van der Waals surface area contributed by atoms with Crippen molar-refractivity contribution in [2.45, 2.75) is 38.8 Å². The highest BCUT2D eigenvalue weighted by molar-refractivity contribution is 4.90. The zero-order chi connectivity index (χ0) is 8.72. The number of hydrogen-bond donors (Lipinski definition) is 1. The van der Waals surface area contributed by atoms with Crippen molar-refractivity contribution >= 4 is 0 Å². The summed E-state index contributed by atoms with van der Waals surface area (Å²) in [4.78, 5) is 0. The zero-order valence-electron chi connectivity index (χ0n) is 7.62. The summed E-state index contributed by atoms with van der Waals surface area (Å²) in [5, 5.41) is 7.85. The minimum atomic E-state index is 0.400. The van der Waals surface area contributed by atoms with Gasteiger partial charge in [0.15, 0.2) is 0 Å². The molecular weight excluding hydrogens is 150 g/mol. The van der Waals surface area contributed by atoms with Crippen molar-refractivity contribution in [3.8, 4) is 0 Å². The smallest absolute Gasteiger partial charge is 0.202 e. The van der Waals surface area contributed by atoms with Gasteiger partial charge in [0.05, 0.1) is 0 Å². The first-order chi connectivity index (χ1) is 5.70. The molecule has 1 saturated carbocycles. The summed E-state index contributed by atoms with van der Waals surface area (Å²) in [5.41, 5.74) is 0.646. The third kappa shape index (κ3) is 1.09. The number of aromatic nitrogens is 2. The Hall–Kier alpha value is -0.990. The predicted octanol–water partition coefficient (Wildman–Crippen LogP) is 1.68. The maximum absolute atomic E-state index is 7.85. The second-order valence-corrected chi connectivity index (χ2v) is 3.76. The summed E-state index contributed by atoms with van der Waals surface area (Å²) < 4.78 is 4.07. The summed E-state index contributed by atoms with van der Waals surface area (Å²) in [7, 11) is 0. The summed E-state index contributed by atoms with van der Waals surface area (Å²) >= 11 is 0. The van der Waals surface area contributed by atoms with Crippen LogP contribution in [-0.2, 0) is 0 Å².